The summed E-state index contributed by atoms with van der Waals surface area (Å²) in [5.74, 6) is 0.0208. The molecule has 0 amide bonds. The molecule has 0 aromatic heterocycles. The molecule has 6 heteroatoms. The summed E-state index contributed by atoms with van der Waals surface area (Å²) in [6.45, 7) is 0.252. The summed E-state index contributed by atoms with van der Waals surface area (Å²) in [7, 11) is 0. The molecular formula is C15H8Br2ClIO2. The van der Waals surface area contributed by atoms with Crippen molar-refractivity contribution in [2.75, 3.05) is 6.61 Å². The van der Waals surface area contributed by atoms with Gasteiger partial charge in [0.2, 0.25) is 0 Å². The molecule has 3 rings (SSSR count). The van der Waals surface area contributed by atoms with Crippen molar-refractivity contribution in [3.63, 3.8) is 0 Å². The lowest BCUT2D eigenvalue weighted by atomic mass is 9.98. The number of halogens is 4. The lowest BCUT2D eigenvalue weighted by molar-refractivity contribution is 0.170. The molecule has 0 aliphatic heterocycles. The average Bonchev–Trinajstić information content (AvgIpc) is 2.70. The molecule has 2 aromatic rings. The fourth-order valence-corrected chi connectivity index (χ4v) is 3.90. The Hall–Kier alpha value is -0.110. The van der Waals surface area contributed by atoms with E-state index in [9.17, 15) is 4.79 Å². The maximum Gasteiger partial charge on any atom is 0.403 e. The van der Waals surface area contributed by atoms with Gasteiger partial charge >= 0.3 is 5.43 Å². The Kier molecular flexibility index (Phi) is 4.64. The van der Waals surface area contributed by atoms with Gasteiger partial charge in [0.05, 0.1) is 0 Å². The monoisotopic (exact) mass is 540 g/mol. The molecule has 0 fully saturated rings. The Morgan fingerprint density at radius 1 is 1.19 bits per heavy atom. The summed E-state index contributed by atoms with van der Waals surface area (Å²) < 4.78 is 8.25. The second-order valence-corrected chi connectivity index (χ2v) is 7.93. The Morgan fingerprint density at radius 2 is 1.90 bits per heavy atom. The first kappa shape index (κ1) is 15.8. The SMILES string of the molecule is O=C(Cl)OCC1c2ccc(Br)cc2-c2cc(Br)c(I)cc21. The van der Waals surface area contributed by atoms with Crippen LogP contribution < -0.4 is 0 Å². The maximum atomic E-state index is 10.9. The smallest absolute Gasteiger partial charge is 0.403 e. The Bertz CT molecular complexity index is 749. The lowest BCUT2D eigenvalue weighted by Gasteiger charge is -2.13. The van der Waals surface area contributed by atoms with Gasteiger partial charge < -0.3 is 4.74 Å². The number of hydrogen-bond donors (Lipinski definition) is 0. The molecule has 0 saturated heterocycles. The van der Waals surface area contributed by atoms with Gasteiger partial charge in [0.1, 0.15) is 6.61 Å². The van der Waals surface area contributed by atoms with E-state index in [4.69, 9.17) is 16.3 Å². The first-order valence-electron chi connectivity index (χ1n) is 6.08. The Balaban J connectivity index is 2.15. The minimum Gasteiger partial charge on any atom is -0.453 e. The number of ether oxygens (including phenoxy) is 1. The van der Waals surface area contributed by atoms with Crippen LogP contribution in [0.2, 0.25) is 0 Å². The average molecular weight is 542 g/mol. The van der Waals surface area contributed by atoms with Crippen LogP contribution in [0, 0.1) is 3.57 Å². The van der Waals surface area contributed by atoms with Gasteiger partial charge in [-0.3, -0.25) is 0 Å². The van der Waals surface area contributed by atoms with Gasteiger partial charge in [0.15, 0.2) is 0 Å². The number of benzene rings is 2. The standard InChI is InChI=1S/C15H8Br2ClIO2/c16-7-1-2-8-9(3-7)10-4-13(17)14(19)5-11(10)12(8)6-21-15(18)20/h1-5,12H,6H2. The molecule has 0 saturated carbocycles. The van der Waals surface area contributed by atoms with E-state index in [0.29, 0.717) is 0 Å². The molecule has 2 nitrogen and oxygen atoms in total. The highest BCUT2D eigenvalue weighted by Gasteiger charge is 2.30. The molecule has 0 heterocycles. The van der Waals surface area contributed by atoms with Crippen LogP contribution in [0.15, 0.2) is 39.3 Å². The number of rotatable bonds is 2. The van der Waals surface area contributed by atoms with Crippen molar-refractivity contribution in [3.8, 4) is 11.1 Å². The number of carbonyl (C=O) groups excluding carboxylic acids is 1. The zero-order valence-electron chi connectivity index (χ0n) is 10.5. The highest BCUT2D eigenvalue weighted by molar-refractivity contribution is 14.1. The van der Waals surface area contributed by atoms with Gasteiger partial charge in [-0.25, -0.2) is 4.79 Å². The van der Waals surface area contributed by atoms with E-state index in [1.165, 1.54) is 0 Å². The Morgan fingerprint density at radius 3 is 2.62 bits per heavy atom. The van der Waals surface area contributed by atoms with E-state index in [1.807, 2.05) is 6.07 Å². The normalized spacial score (nSPS) is 15.5. The van der Waals surface area contributed by atoms with E-state index in [-0.39, 0.29) is 12.5 Å². The molecule has 2 aromatic carbocycles. The zero-order valence-corrected chi connectivity index (χ0v) is 16.6. The van der Waals surface area contributed by atoms with Crippen LogP contribution in [0.5, 0.6) is 0 Å². The summed E-state index contributed by atoms with van der Waals surface area (Å²) in [6, 6.07) is 10.4. The van der Waals surface area contributed by atoms with E-state index in [2.05, 4.69) is 78.7 Å². The summed E-state index contributed by atoms with van der Waals surface area (Å²) >= 11 is 14.7. The van der Waals surface area contributed by atoms with E-state index in [0.717, 1.165) is 34.8 Å². The zero-order chi connectivity index (χ0) is 15.1. The molecule has 0 spiro atoms. The first-order chi connectivity index (χ1) is 9.97. The molecule has 108 valence electrons. The van der Waals surface area contributed by atoms with Crippen molar-refractivity contribution in [3.05, 3.63) is 54.0 Å². The van der Waals surface area contributed by atoms with Crippen LogP contribution in [-0.2, 0) is 4.74 Å². The predicted octanol–water partition coefficient (Wildman–Crippen LogP) is 6.30. The quantitative estimate of drug-likeness (QED) is 0.329. The van der Waals surface area contributed by atoms with Crippen LogP contribution in [0.3, 0.4) is 0 Å². The Labute approximate surface area is 157 Å². The third kappa shape index (κ3) is 3.02. The molecule has 1 atom stereocenters. The van der Waals surface area contributed by atoms with Crippen LogP contribution >= 0.6 is 66.1 Å². The minimum absolute atomic E-state index is 0.0208. The van der Waals surface area contributed by atoms with E-state index < -0.39 is 5.43 Å². The van der Waals surface area contributed by atoms with Gasteiger partial charge in [0.25, 0.3) is 0 Å². The van der Waals surface area contributed by atoms with Crippen molar-refractivity contribution in [1.29, 1.82) is 0 Å². The molecule has 1 unspecified atom stereocenters. The van der Waals surface area contributed by atoms with Crippen molar-refractivity contribution in [1.82, 2.24) is 0 Å². The van der Waals surface area contributed by atoms with Crippen LogP contribution in [0.25, 0.3) is 11.1 Å². The van der Waals surface area contributed by atoms with Crippen molar-refractivity contribution in [2.24, 2.45) is 0 Å². The van der Waals surface area contributed by atoms with Crippen molar-refractivity contribution >= 4 is 71.5 Å². The summed E-state index contributed by atoms with van der Waals surface area (Å²) in [4.78, 5) is 10.9. The van der Waals surface area contributed by atoms with Gasteiger partial charge in [-0.15, -0.1) is 0 Å². The van der Waals surface area contributed by atoms with Crippen molar-refractivity contribution in [2.45, 2.75) is 5.92 Å². The minimum atomic E-state index is -0.770. The van der Waals surface area contributed by atoms with Crippen LogP contribution in [0.1, 0.15) is 17.0 Å². The second kappa shape index (κ2) is 6.18. The van der Waals surface area contributed by atoms with Gasteiger partial charge in [-0.2, -0.15) is 0 Å². The summed E-state index contributed by atoms with van der Waals surface area (Å²) in [6.07, 6.45) is 0. The summed E-state index contributed by atoms with van der Waals surface area (Å²) in [5, 5.41) is 0. The molecule has 1 aliphatic carbocycles. The number of fused-ring (bicyclic) bond motifs is 3. The highest BCUT2D eigenvalue weighted by Crippen LogP contribution is 2.47. The number of carbonyl (C=O) groups is 1. The first-order valence-corrected chi connectivity index (χ1v) is 9.12. The number of hydrogen-bond acceptors (Lipinski definition) is 2. The molecule has 0 bridgehead atoms. The van der Waals surface area contributed by atoms with E-state index >= 15 is 0 Å². The highest BCUT2D eigenvalue weighted by atomic mass is 127. The van der Waals surface area contributed by atoms with Gasteiger partial charge in [-0.05, 0) is 85.0 Å². The van der Waals surface area contributed by atoms with E-state index in [1.54, 1.807) is 0 Å². The fourth-order valence-electron chi connectivity index (χ4n) is 2.65. The predicted molar refractivity (Wildman–Crippen MR) is 99.0 cm³/mol. The van der Waals surface area contributed by atoms with Crippen LogP contribution in [-0.4, -0.2) is 12.0 Å². The summed E-state index contributed by atoms with van der Waals surface area (Å²) in [5.41, 5.74) is 3.86. The topological polar surface area (TPSA) is 26.3 Å². The van der Waals surface area contributed by atoms with Crippen molar-refractivity contribution < 1.29 is 9.53 Å². The third-order valence-electron chi connectivity index (χ3n) is 3.51. The molecule has 0 N–H and O–H groups in total. The molecule has 1 aliphatic rings. The molecule has 0 radical (unpaired) electrons. The van der Waals surface area contributed by atoms with Crippen LogP contribution in [0.4, 0.5) is 4.79 Å². The molecule has 21 heavy (non-hydrogen) atoms. The second-order valence-electron chi connectivity index (χ2n) is 4.69. The van der Waals surface area contributed by atoms with Gasteiger partial charge in [-0.1, -0.05) is 22.0 Å². The lowest BCUT2D eigenvalue weighted by Crippen LogP contribution is -2.08. The fraction of sp³-hybridized carbons (Fsp3) is 0.133. The third-order valence-corrected chi connectivity index (χ3v) is 6.40. The maximum absolute atomic E-state index is 10.9. The largest absolute Gasteiger partial charge is 0.453 e. The van der Waals surface area contributed by atoms with Gasteiger partial charge in [0, 0.05) is 30.0 Å². The molecular weight excluding hydrogens is 534 g/mol.